The molecule has 0 radical (unpaired) electrons. The number of nitrogens with zero attached hydrogens (tertiary/aromatic N) is 4. The molecule has 0 bridgehead atoms. The number of amides is 4. The van der Waals surface area contributed by atoms with Crippen LogP contribution in [0.25, 0.3) is 0 Å². The van der Waals surface area contributed by atoms with Crippen LogP contribution in [0.1, 0.15) is 22.3 Å². The zero-order valence-corrected chi connectivity index (χ0v) is 23.6. The molecule has 0 unspecified atom stereocenters. The second-order valence-corrected chi connectivity index (χ2v) is 9.43. The first-order valence-corrected chi connectivity index (χ1v) is 13.8. The second-order valence-electron chi connectivity index (χ2n) is 9.43. The number of hydrazone groups is 2. The third-order valence-corrected chi connectivity index (χ3v) is 6.20. The standard InChI is InChI=1S/C33H34N6O4/c40-21-19-38(34-24-28-7-3-1-4-8-28)32(42)36-30-15-11-26(12-16-30)23-27-13-17-31(18-14-27)37-33(43)39(20-22-41)35-25-29-9-5-2-6-10-29/h1-18,24-25,40-41H,19-23H2,(H,36,42)(H,37,43)/b34-24+,35-25+. The van der Waals surface area contributed by atoms with Gasteiger partial charge in [0.2, 0.25) is 0 Å². The predicted octanol–water partition coefficient (Wildman–Crippen LogP) is 5.00. The fourth-order valence-corrected chi connectivity index (χ4v) is 3.99. The van der Waals surface area contributed by atoms with Gasteiger partial charge in [-0.3, -0.25) is 0 Å². The lowest BCUT2D eigenvalue weighted by atomic mass is 10.0. The minimum atomic E-state index is -0.449. The molecule has 10 heteroatoms. The molecular weight excluding hydrogens is 544 g/mol. The van der Waals surface area contributed by atoms with Crippen molar-refractivity contribution in [3.05, 3.63) is 131 Å². The molecule has 0 aromatic heterocycles. The highest BCUT2D eigenvalue weighted by molar-refractivity contribution is 5.91. The van der Waals surface area contributed by atoms with Crippen LogP contribution in [0.5, 0.6) is 0 Å². The Bertz CT molecular complexity index is 1380. The van der Waals surface area contributed by atoms with Crippen LogP contribution < -0.4 is 10.6 Å². The van der Waals surface area contributed by atoms with E-state index in [0.717, 1.165) is 22.3 Å². The van der Waals surface area contributed by atoms with Gasteiger partial charge in [-0.15, -0.1) is 0 Å². The van der Waals surface area contributed by atoms with Gasteiger partial charge in [-0.05, 0) is 52.9 Å². The van der Waals surface area contributed by atoms with Crippen molar-refractivity contribution in [1.82, 2.24) is 10.0 Å². The van der Waals surface area contributed by atoms with Crippen LogP contribution in [0.4, 0.5) is 21.0 Å². The van der Waals surface area contributed by atoms with Crippen molar-refractivity contribution < 1.29 is 19.8 Å². The van der Waals surface area contributed by atoms with Crippen LogP contribution in [-0.4, -0.2) is 71.0 Å². The number of aliphatic hydroxyl groups excluding tert-OH is 2. The van der Waals surface area contributed by atoms with Crippen molar-refractivity contribution in [2.24, 2.45) is 10.2 Å². The summed E-state index contributed by atoms with van der Waals surface area (Å²) in [5, 5.41) is 35.1. The molecule has 4 aromatic carbocycles. The van der Waals surface area contributed by atoms with Gasteiger partial charge in [-0.1, -0.05) is 84.9 Å². The maximum Gasteiger partial charge on any atom is 0.342 e. The minimum Gasteiger partial charge on any atom is -0.394 e. The number of rotatable bonds is 12. The molecule has 10 nitrogen and oxygen atoms in total. The molecule has 4 aromatic rings. The van der Waals surface area contributed by atoms with Crippen LogP contribution in [-0.2, 0) is 6.42 Å². The van der Waals surface area contributed by atoms with Gasteiger partial charge in [0, 0.05) is 11.4 Å². The van der Waals surface area contributed by atoms with Crippen molar-refractivity contribution in [2.45, 2.75) is 6.42 Å². The number of urea groups is 2. The summed E-state index contributed by atoms with van der Waals surface area (Å²) in [5.74, 6) is 0. The number of carbonyl (C=O) groups is 2. The topological polar surface area (TPSA) is 130 Å². The second kappa shape index (κ2) is 16.2. The Labute approximate surface area is 250 Å². The highest BCUT2D eigenvalue weighted by atomic mass is 16.3. The lowest BCUT2D eigenvalue weighted by Crippen LogP contribution is -2.33. The van der Waals surface area contributed by atoms with Gasteiger partial charge >= 0.3 is 12.1 Å². The average molecular weight is 579 g/mol. The van der Waals surface area contributed by atoms with Crippen LogP contribution in [0.15, 0.2) is 119 Å². The van der Waals surface area contributed by atoms with Gasteiger partial charge in [-0.2, -0.15) is 10.2 Å². The largest absolute Gasteiger partial charge is 0.394 e. The maximum atomic E-state index is 12.7. The Morgan fingerprint density at radius 3 is 1.30 bits per heavy atom. The van der Waals surface area contributed by atoms with Gasteiger partial charge in [0.25, 0.3) is 0 Å². The molecule has 0 heterocycles. The average Bonchev–Trinajstić information content (AvgIpc) is 3.04. The summed E-state index contributed by atoms with van der Waals surface area (Å²) in [6.07, 6.45) is 3.79. The molecule has 0 aliphatic carbocycles. The Morgan fingerprint density at radius 1 is 0.581 bits per heavy atom. The van der Waals surface area contributed by atoms with E-state index in [2.05, 4.69) is 20.8 Å². The van der Waals surface area contributed by atoms with Crippen LogP contribution >= 0.6 is 0 Å². The van der Waals surface area contributed by atoms with Crippen molar-refractivity contribution in [3.8, 4) is 0 Å². The molecule has 4 rings (SSSR count). The smallest absolute Gasteiger partial charge is 0.342 e. The first-order valence-electron chi connectivity index (χ1n) is 13.8. The molecule has 220 valence electrons. The summed E-state index contributed by atoms with van der Waals surface area (Å²) >= 11 is 0. The highest BCUT2D eigenvalue weighted by Crippen LogP contribution is 2.17. The number of anilines is 2. The quantitative estimate of drug-likeness (QED) is 0.139. The van der Waals surface area contributed by atoms with E-state index in [0.29, 0.717) is 17.8 Å². The summed E-state index contributed by atoms with van der Waals surface area (Å²) < 4.78 is 0. The summed E-state index contributed by atoms with van der Waals surface area (Å²) in [4.78, 5) is 25.5. The van der Waals surface area contributed by atoms with Gasteiger partial charge in [0.1, 0.15) is 0 Å². The van der Waals surface area contributed by atoms with Crippen LogP contribution in [0, 0.1) is 0 Å². The summed E-state index contributed by atoms with van der Waals surface area (Å²) in [6, 6.07) is 32.8. The fourth-order valence-electron chi connectivity index (χ4n) is 3.99. The number of hydrogen-bond donors (Lipinski definition) is 4. The fraction of sp³-hybridized carbons (Fsp3) is 0.152. The van der Waals surface area contributed by atoms with E-state index < -0.39 is 12.1 Å². The number of aliphatic hydroxyl groups is 2. The molecule has 4 amide bonds. The number of benzene rings is 4. The highest BCUT2D eigenvalue weighted by Gasteiger charge is 2.13. The maximum absolute atomic E-state index is 12.7. The molecule has 43 heavy (non-hydrogen) atoms. The predicted molar refractivity (Wildman–Crippen MR) is 169 cm³/mol. The first-order chi connectivity index (χ1) is 21.0. The third-order valence-electron chi connectivity index (χ3n) is 6.20. The molecule has 0 spiro atoms. The Hall–Kier alpha value is -5.32. The first kappa shape index (κ1) is 30.6. The summed E-state index contributed by atoms with van der Waals surface area (Å²) in [5.41, 5.74) is 4.96. The van der Waals surface area contributed by atoms with E-state index in [1.807, 2.05) is 109 Å². The summed E-state index contributed by atoms with van der Waals surface area (Å²) in [7, 11) is 0. The molecule has 0 saturated carbocycles. The van der Waals surface area contributed by atoms with Crippen molar-refractivity contribution >= 4 is 35.9 Å². The summed E-state index contributed by atoms with van der Waals surface area (Å²) in [6.45, 7) is -0.317. The van der Waals surface area contributed by atoms with Crippen molar-refractivity contribution in [2.75, 3.05) is 36.9 Å². The van der Waals surface area contributed by atoms with E-state index in [4.69, 9.17) is 0 Å². The zero-order valence-electron chi connectivity index (χ0n) is 23.6. The number of carbonyl (C=O) groups excluding carboxylic acids is 2. The third kappa shape index (κ3) is 9.92. The van der Waals surface area contributed by atoms with E-state index in [1.54, 1.807) is 12.4 Å². The molecule has 4 N–H and O–H groups in total. The van der Waals surface area contributed by atoms with Gasteiger partial charge in [0.15, 0.2) is 0 Å². The minimum absolute atomic E-state index is 0.0596. The van der Waals surface area contributed by atoms with E-state index in [9.17, 15) is 19.8 Å². The Morgan fingerprint density at radius 2 is 0.953 bits per heavy atom. The van der Waals surface area contributed by atoms with Gasteiger partial charge < -0.3 is 20.8 Å². The van der Waals surface area contributed by atoms with Crippen LogP contribution in [0.2, 0.25) is 0 Å². The Kier molecular flexibility index (Phi) is 11.5. The monoisotopic (exact) mass is 578 g/mol. The van der Waals surface area contributed by atoms with Gasteiger partial charge in [-0.25, -0.2) is 19.6 Å². The van der Waals surface area contributed by atoms with Crippen molar-refractivity contribution in [1.29, 1.82) is 0 Å². The molecule has 0 fully saturated rings. The van der Waals surface area contributed by atoms with Crippen molar-refractivity contribution in [3.63, 3.8) is 0 Å². The van der Waals surface area contributed by atoms with E-state index >= 15 is 0 Å². The lowest BCUT2D eigenvalue weighted by molar-refractivity contribution is 0.191. The normalized spacial score (nSPS) is 11.0. The van der Waals surface area contributed by atoms with E-state index in [1.165, 1.54) is 10.0 Å². The van der Waals surface area contributed by atoms with Crippen LogP contribution in [0.3, 0.4) is 0 Å². The molecule has 0 atom stereocenters. The lowest BCUT2D eigenvalue weighted by Gasteiger charge is -2.17. The number of hydrogen-bond acceptors (Lipinski definition) is 6. The zero-order chi connectivity index (χ0) is 30.3. The molecule has 0 aliphatic rings. The number of nitrogens with one attached hydrogen (secondary N) is 2. The Balaban J connectivity index is 1.30. The van der Waals surface area contributed by atoms with E-state index in [-0.39, 0.29) is 26.3 Å². The van der Waals surface area contributed by atoms with Gasteiger partial charge in [0.05, 0.1) is 38.7 Å². The molecular formula is C33H34N6O4. The SMILES string of the molecule is O=C(Nc1ccc(Cc2ccc(NC(=O)N(CCO)/N=C/c3ccccc3)cc2)cc1)N(CCO)/N=C/c1ccccc1. The molecule has 0 saturated heterocycles. The molecule has 0 aliphatic heterocycles.